The maximum absolute atomic E-state index is 13.3. The molecule has 2 aromatic rings. The second-order valence-corrected chi connectivity index (χ2v) is 6.16. The summed E-state index contributed by atoms with van der Waals surface area (Å²) >= 11 is 0. The van der Waals surface area contributed by atoms with E-state index in [0.29, 0.717) is 12.8 Å². The quantitative estimate of drug-likeness (QED) is 0.879. The molecule has 3 rings (SSSR count). The molecular formula is C15H17FN4O2. The molecule has 0 saturated heterocycles. The average Bonchev–Trinajstić information content (AvgIpc) is 2.78. The van der Waals surface area contributed by atoms with Gasteiger partial charge in [-0.2, -0.15) is 4.98 Å². The average molecular weight is 304 g/mol. The van der Waals surface area contributed by atoms with Crippen LogP contribution in [0.25, 0.3) is 5.69 Å². The number of hydrogen-bond donors (Lipinski definition) is 1. The molecule has 1 aromatic heterocycles. The van der Waals surface area contributed by atoms with Gasteiger partial charge in [-0.1, -0.05) is 0 Å². The Kier molecular flexibility index (Phi) is 3.35. The van der Waals surface area contributed by atoms with Crippen molar-refractivity contribution in [2.45, 2.75) is 39.2 Å². The van der Waals surface area contributed by atoms with Crippen molar-refractivity contribution in [1.29, 1.82) is 0 Å². The number of nitrogens with one attached hydrogen (secondary N) is 1. The summed E-state index contributed by atoms with van der Waals surface area (Å²) < 4.78 is 20.1. The SMILES string of the molecule is CC(C)(C)OC(=O)Nc1nc2n(n1)-c1ccc(F)cc1CC2. The largest absolute Gasteiger partial charge is 0.444 e. The van der Waals surface area contributed by atoms with Crippen molar-refractivity contribution in [2.75, 3.05) is 5.32 Å². The molecule has 7 heteroatoms. The number of aromatic nitrogens is 3. The molecule has 0 fully saturated rings. The van der Waals surface area contributed by atoms with Gasteiger partial charge in [-0.05, 0) is 51.0 Å². The van der Waals surface area contributed by atoms with Crippen LogP contribution in [0.4, 0.5) is 15.1 Å². The fourth-order valence-electron chi connectivity index (χ4n) is 2.35. The number of carbonyl (C=O) groups excluding carboxylic acids is 1. The molecule has 2 heterocycles. The maximum Gasteiger partial charge on any atom is 0.414 e. The minimum Gasteiger partial charge on any atom is -0.444 e. The number of anilines is 1. The lowest BCUT2D eigenvalue weighted by molar-refractivity contribution is 0.0634. The number of carbonyl (C=O) groups is 1. The van der Waals surface area contributed by atoms with Gasteiger partial charge in [0.25, 0.3) is 5.95 Å². The van der Waals surface area contributed by atoms with E-state index in [0.717, 1.165) is 17.1 Å². The molecule has 22 heavy (non-hydrogen) atoms. The maximum atomic E-state index is 13.3. The summed E-state index contributed by atoms with van der Waals surface area (Å²) in [5.74, 6) is 0.640. The standard InChI is InChI=1S/C15H17FN4O2/c1-15(2,3)22-14(21)18-13-17-12-7-4-9-8-10(16)5-6-11(9)20(12)19-13/h5-6,8H,4,7H2,1-3H3,(H,18,19,21). The molecule has 0 atom stereocenters. The van der Waals surface area contributed by atoms with Crippen molar-refractivity contribution in [3.8, 4) is 5.69 Å². The van der Waals surface area contributed by atoms with E-state index < -0.39 is 11.7 Å². The van der Waals surface area contributed by atoms with Crippen LogP contribution in [0.15, 0.2) is 18.2 Å². The van der Waals surface area contributed by atoms with Gasteiger partial charge < -0.3 is 4.74 Å². The highest BCUT2D eigenvalue weighted by Gasteiger charge is 2.22. The Labute approximate surface area is 127 Å². The summed E-state index contributed by atoms with van der Waals surface area (Å²) in [6.07, 6.45) is 0.728. The number of nitrogens with zero attached hydrogens (tertiary/aromatic N) is 3. The first-order valence-corrected chi connectivity index (χ1v) is 7.06. The van der Waals surface area contributed by atoms with Crippen LogP contribution >= 0.6 is 0 Å². The van der Waals surface area contributed by atoms with Crippen LogP contribution in [-0.4, -0.2) is 26.5 Å². The summed E-state index contributed by atoms with van der Waals surface area (Å²) in [6.45, 7) is 5.34. The van der Waals surface area contributed by atoms with Gasteiger partial charge in [-0.25, -0.2) is 13.9 Å². The molecule has 1 N–H and O–H groups in total. The smallest absolute Gasteiger partial charge is 0.414 e. The third-order valence-corrected chi connectivity index (χ3v) is 3.17. The zero-order valence-electron chi connectivity index (χ0n) is 12.7. The fraction of sp³-hybridized carbons (Fsp3) is 0.400. The Morgan fingerprint density at radius 3 is 2.86 bits per heavy atom. The van der Waals surface area contributed by atoms with Gasteiger partial charge in [-0.15, -0.1) is 5.10 Å². The van der Waals surface area contributed by atoms with Crippen molar-refractivity contribution in [1.82, 2.24) is 14.8 Å². The molecular weight excluding hydrogens is 287 g/mol. The van der Waals surface area contributed by atoms with Crippen molar-refractivity contribution in [2.24, 2.45) is 0 Å². The lowest BCUT2D eigenvalue weighted by atomic mass is 10.0. The van der Waals surface area contributed by atoms with Crippen LogP contribution in [-0.2, 0) is 17.6 Å². The first-order valence-electron chi connectivity index (χ1n) is 7.06. The van der Waals surface area contributed by atoms with Gasteiger partial charge >= 0.3 is 6.09 Å². The van der Waals surface area contributed by atoms with Crippen LogP contribution in [0.5, 0.6) is 0 Å². The molecule has 6 nitrogen and oxygen atoms in total. The number of benzene rings is 1. The number of hydrogen-bond acceptors (Lipinski definition) is 4. The van der Waals surface area contributed by atoms with Gasteiger partial charge in [0.1, 0.15) is 17.2 Å². The second kappa shape index (κ2) is 5.08. The highest BCUT2D eigenvalue weighted by atomic mass is 19.1. The fourth-order valence-corrected chi connectivity index (χ4v) is 2.35. The predicted octanol–water partition coefficient (Wildman–Crippen LogP) is 2.85. The third kappa shape index (κ3) is 2.93. The number of halogens is 1. The Morgan fingerprint density at radius 1 is 1.36 bits per heavy atom. The summed E-state index contributed by atoms with van der Waals surface area (Å²) in [4.78, 5) is 16.0. The monoisotopic (exact) mass is 304 g/mol. The highest BCUT2D eigenvalue weighted by Crippen LogP contribution is 2.25. The topological polar surface area (TPSA) is 69.0 Å². The molecule has 116 valence electrons. The molecule has 0 unspecified atom stereocenters. The van der Waals surface area contributed by atoms with Crippen LogP contribution in [0.1, 0.15) is 32.2 Å². The third-order valence-electron chi connectivity index (χ3n) is 3.17. The van der Waals surface area contributed by atoms with E-state index in [2.05, 4.69) is 15.4 Å². The van der Waals surface area contributed by atoms with Crippen LogP contribution in [0.2, 0.25) is 0 Å². The first-order chi connectivity index (χ1) is 10.3. The zero-order chi connectivity index (χ0) is 15.9. The second-order valence-electron chi connectivity index (χ2n) is 6.16. The van der Waals surface area contributed by atoms with E-state index in [1.165, 1.54) is 12.1 Å². The van der Waals surface area contributed by atoms with Gasteiger partial charge in [-0.3, -0.25) is 5.32 Å². The van der Waals surface area contributed by atoms with E-state index in [-0.39, 0.29) is 11.8 Å². The predicted molar refractivity (Wildman–Crippen MR) is 78.6 cm³/mol. The molecule has 0 bridgehead atoms. The first kappa shape index (κ1) is 14.5. The molecule has 1 aromatic carbocycles. The number of aryl methyl sites for hydroxylation is 2. The van der Waals surface area contributed by atoms with Crippen molar-refractivity contribution in [3.05, 3.63) is 35.4 Å². The zero-order valence-corrected chi connectivity index (χ0v) is 12.7. The molecule has 1 amide bonds. The molecule has 1 aliphatic heterocycles. The van der Waals surface area contributed by atoms with Crippen LogP contribution in [0.3, 0.4) is 0 Å². The Balaban J connectivity index is 1.84. The van der Waals surface area contributed by atoms with Gasteiger partial charge in [0, 0.05) is 6.42 Å². The van der Waals surface area contributed by atoms with E-state index >= 15 is 0 Å². The minimum absolute atomic E-state index is 0.182. The Hall–Kier alpha value is -2.44. The summed E-state index contributed by atoms with van der Waals surface area (Å²) in [5, 5.41) is 6.78. The van der Waals surface area contributed by atoms with Gasteiger partial charge in [0.15, 0.2) is 0 Å². The van der Waals surface area contributed by atoms with Gasteiger partial charge in [0.2, 0.25) is 0 Å². The lowest BCUT2D eigenvalue weighted by Gasteiger charge is -2.18. The molecule has 0 spiro atoms. The van der Waals surface area contributed by atoms with E-state index in [4.69, 9.17) is 4.74 Å². The number of fused-ring (bicyclic) bond motifs is 3. The van der Waals surface area contributed by atoms with E-state index in [1.54, 1.807) is 31.5 Å². The normalized spacial score (nSPS) is 13.3. The van der Waals surface area contributed by atoms with Crippen molar-refractivity contribution >= 4 is 12.0 Å². The summed E-state index contributed by atoms with van der Waals surface area (Å²) in [6, 6.07) is 4.55. The number of rotatable bonds is 1. The highest BCUT2D eigenvalue weighted by molar-refractivity contribution is 5.82. The van der Waals surface area contributed by atoms with Crippen molar-refractivity contribution < 1.29 is 13.9 Å². The Morgan fingerprint density at radius 2 is 2.14 bits per heavy atom. The van der Waals surface area contributed by atoms with Crippen LogP contribution in [0, 0.1) is 5.82 Å². The molecule has 0 aliphatic carbocycles. The van der Waals surface area contributed by atoms with E-state index in [1.807, 2.05) is 0 Å². The van der Waals surface area contributed by atoms with E-state index in [9.17, 15) is 9.18 Å². The summed E-state index contributed by atoms with van der Waals surface area (Å²) in [5.41, 5.74) is 1.07. The molecule has 0 radical (unpaired) electrons. The number of ether oxygens (including phenoxy) is 1. The molecule has 0 saturated carbocycles. The summed E-state index contributed by atoms with van der Waals surface area (Å²) in [7, 11) is 0. The lowest BCUT2D eigenvalue weighted by Crippen LogP contribution is -2.27. The Bertz CT molecular complexity index is 734. The van der Waals surface area contributed by atoms with Gasteiger partial charge in [0.05, 0.1) is 5.69 Å². The number of amides is 1. The minimum atomic E-state index is -0.602. The van der Waals surface area contributed by atoms with Crippen LogP contribution < -0.4 is 5.32 Å². The van der Waals surface area contributed by atoms with Crippen molar-refractivity contribution in [3.63, 3.8) is 0 Å². The molecule has 1 aliphatic rings.